The van der Waals surface area contributed by atoms with E-state index in [0.29, 0.717) is 0 Å². The van der Waals surface area contributed by atoms with Gasteiger partial charge in [-0.15, -0.1) is 0 Å². The zero-order chi connectivity index (χ0) is 11.7. The topological polar surface area (TPSA) is 29.9 Å². The molecule has 1 aromatic rings. The Morgan fingerprint density at radius 3 is 2.53 bits per heavy atom. The molecule has 3 heteroatoms. The highest BCUT2D eigenvalue weighted by Crippen LogP contribution is 2.38. The Morgan fingerprint density at radius 2 is 1.82 bits per heavy atom. The zero-order valence-electron chi connectivity index (χ0n) is 10.8. The van der Waals surface area contributed by atoms with E-state index in [1.807, 2.05) is 6.33 Å². The monoisotopic (exact) mass is 233 g/mol. The first kappa shape index (κ1) is 11.3. The maximum absolute atomic E-state index is 4.72. The van der Waals surface area contributed by atoms with Crippen molar-refractivity contribution < 1.29 is 0 Å². The van der Waals surface area contributed by atoms with Gasteiger partial charge in [0.05, 0.1) is 12.0 Å². The van der Waals surface area contributed by atoms with Crippen LogP contribution in [0.1, 0.15) is 61.7 Å². The Hall–Kier alpha value is -0.830. The van der Waals surface area contributed by atoms with Crippen LogP contribution in [0.5, 0.6) is 0 Å². The highest BCUT2D eigenvalue weighted by Gasteiger charge is 2.27. The number of aryl methyl sites for hydroxylation is 1. The van der Waals surface area contributed by atoms with E-state index in [2.05, 4.69) is 16.9 Å². The molecule has 2 fully saturated rings. The van der Waals surface area contributed by atoms with Crippen LogP contribution in [0.25, 0.3) is 0 Å². The minimum atomic E-state index is 0.736. The van der Waals surface area contributed by atoms with Crippen molar-refractivity contribution in [3.8, 4) is 0 Å². The van der Waals surface area contributed by atoms with E-state index in [4.69, 9.17) is 4.98 Å². The quantitative estimate of drug-likeness (QED) is 0.850. The van der Waals surface area contributed by atoms with Crippen LogP contribution < -0.4 is 5.32 Å². The molecule has 1 aliphatic carbocycles. The van der Waals surface area contributed by atoms with E-state index in [0.717, 1.165) is 11.8 Å². The number of hydrogen-bond donors (Lipinski definition) is 1. The van der Waals surface area contributed by atoms with Gasteiger partial charge < -0.3 is 9.88 Å². The molecule has 17 heavy (non-hydrogen) atoms. The highest BCUT2D eigenvalue weighted by atomic mass is 15.0. The van der Waals surface area contributed by atoms with Gasteiger partial charge in [0.15, 0.2) is 0 Å². The van der Waals surface area contributed by atoms with E-state index in [9.17, 15) is 0 Å². The van der Waals surface area contributed by atoms with E-state index in [1.165, 1.54) is 57.3 Å². The summed E-state index contributed by atoms with van der Waals surface area (Å²) in [5, 5.41) is 3.46. The fourth-order valence-corrected chi connectivity index (χ4v) is 3.56. The molecule has 1 aromatic heterocycles. The van der Waals surface area contributed by atoms with Crippen molar-refractivity contribution in [3.05, 3.63) is 17.7 Å². The summed E-state index contributed by atoms with van der Waals surface area (Å²) in [6.07, 6.45) is 10.1. The largest absolute Gasteiger partial charge is 0.337 e. The van der Waals surface area contributed by atoms with Gasteiger partial charge in [-0.1, -0.05) is 12.8 Å². The van der Waals surface area contributed by atoms with Gasteiger partial charge in [0.25, 0.3) is 0 Å². The summed E-state index contributed by atoms with van der Waals surface area (Å²) in [6.45, 7) is 2.33. The lowest BCUT2D eigenvalue weighted by atomic mass is 9.89. The third-order valence-electron chi connectivity index (χ3n) is 4.48. The van der Waals surface area contributed by atoms with Gasteiger partial charge in [-0.3, -0.25) is 0 Å². The standard InChI is InChI=1S/C14H23N3/c1-17-10-16-13(11-4-2-3-5-11)14(17)12-6-8-15-9-7-12/h10-12,15H,2-9H2,1H3. The zero-order valence-corrected chi connectivity index (χ0v) is 10.8. The molecule has 1 N–H and O–H groups in total. The number of piperidine rings is 1. The van der Waals surface area contributed by atoms with Crippen molar-refractivity contribution in [2.75, 3.05) is 13.1 Å². The number of hydrogen-bond acceptors (Lipinski definition) is 2. The average Bonchev–Trinajstić information content (AvgIpc) is 2.98. The molecule has 0 spiro atoms. The van der Waals surface area contributed by atoms with Gasteiger partial charge >= 0.3 is 0 Å². The molecule has 1 saturated heterocycles. The van der Waals surface area contributed by atoms with Gasteiger partial charge in [0.2, 0.25) is 0 Å². The van der Waals surface area contributed by atoms with Crippen LogP contribution in [0.4, 0.5) is 0 Å². The third-order valence-corrected chi connectivity index (χ3v) is 4.48. The molecule has 0 aromatic carbocycles. The molecule has 0 atom stereocenters. The summed E-state index contributed by atoms with van der Waals surface area (Å²) in [4.78, 5) is 4.72. The Kier molecular flexibility index (Phi) is 3.19. The van der Waals surface area contributed by atoms with Crippen LogP contribution in [0.2, 0.25) is 0 Å². The average molecular weight is 233 g/mol. The first-order valence-corrected chi connectivity index (χ1v) is 7.08. The summed E-state index contributed by atoms with van der Waals surface area (Å²) < 4.78 is 2.28. The van der Waals surface area contributed by atoms with Crippen molar-refractivity contribution >= 4 is 0 Å². The van der Waals surface area contributed by atoms with Crippen molar-refractivity contribution in [1.82, 2.24) is 14.9 Å². The molecule has 2 aliphatic rings. The van der Waals surface area contributed by atoms with Gasteiger partial charge in [0, 0.05) is 24.6 Å². The normalized spacial score (nSPS) is 23.4. The lowest BCUT2D eigenvalue weighted by Gasteiger charge is -2.25. The van der Waals surface area contributed by atoms with Crippen LogP contribution in [0.3, 0.4) is 0 Å². The van der Waals surface area contributed by atoms with E-state index >= 15 is 0 Å². The van der Waals surface area contributed by atoms with Crippen LogP contribution >= 0.6 is 0 Å². The smallest absolute Gasteiger partial charge is 0.0949 e. The number of imidazole rings is 1. The number of aromatic nitrogens is 2. The minimum Gasteiger partial charge on any atom is -0.337 e. The summed E-state index contributed by atoms with van der Waals surface area (Å²) in [5.41, 5.74) is 2.97. The molecule has 0 amide bonds. The molecule has 0 unspecified atom stereocenters. The first-order valence-electron chi connectivity index (χ1n) is 7.08. The molecule has 1 saturated carbocycles. The molecule has 0 radical (unpaired) electrons. The van der Waals surface area contributed by atoms with Crippen LogP contribution in [-0.4, -0.2) is 22.6 Å². The molecular formula is C14H23N3. The lowest BCUT2D eigenvalue weighted by molar-refractivity contribution is 0.440. The summed E-state index contributed by atoms with van der Waals surface area (Å²) in [6, 6.07) is 0. The number of nitrogens with zero attached hydrogens (tertiary/aromatic N) is 2. The predicted octanol–water partition coefficient (Wildman–Crippen LogP) is 2.54. The van der Waals surface area contributed by atoms with Gasteiger partial charge in [-0.2, -0.15) is 0 Å². The van der Waals surface area contributed by atoms with E-state index in [1.54, 1.807) is 5.69 Å². The SMILES string of the molecule is Cn1cnc(C2CCCC2)c1C1CCNCC1. The van der Waals surface area contributed by atoms with Crippen molar-refractivity contribution in [2.45, 2.75) is 50.4 Å². The van der Waals surface area contributed by atoms with Crippen LogP contribution in [0.15, 0.2) is 6.33 Å². The lowest BCUT2D eigenvalue weighted by Crippen LogP contribution is -2.28. The van der Waals surface area contributed by atoms with E-state index in [-0.39, 0.29) is 0 Å². The Labute approximate surface area is 104 Å². The predicted molar refractivity (Wildman–Crippen MR) is 69.3 cm³/mol. The molecule has 1 aliphatic heterocycles. The van der Waals surface area contributed by atoms with Crippen molar-refractivity contribution in [2.24, 2.45) is 7.05 Å². The Bertz CT molecular complexity index is 371. The van der Waals surface area contributed by atoms with Crippen molar-refractivity contribution in [3.63, 3.8) is 0 Å². The van der Waals surface area contributed by atoms with Gasteiger partial charge in [-0.05, 0) is 38.8 Å². The summed E-state index contributed by atoms with van der Waals surface area (Å²) >= 11 is 0. The molecule has 3 rings (SSSR count). The second kappa shape index (κ2) is 4.81. The molecular weight excluding hydrogens is 210 g/mol. The summed E-state index contributed by atoms with van der Waals surface area (Å²) in [7, 11) is 2.17. The van der Waals surface area contributed by atoms with E-state index < -0.39 is 0 Å². The summed E-state index contributed by atoms with van der Waals surface area (Å²) in [5.74, 6) is 1.49. The van der Waals surface area contributed by atoms with Crippen LogP contribution in [0, 0.1) is 0 Å². The third kappa shape index (κ3) is 2.13. The Balaban J connectivity index is 1.88. The number of rotatable bonds is 2. The molecule has 0 bridgehead atoms. The second-order valence-electron chi connectivity index (χ2n) is 5.63. The van der Waals surface area contributed by atoms with Crippen molar-refractivity contribution in [1.29, 1.82) is 0 Å². The number of nitrogens with one attached hydrogen (secondary N) is 1. The molecule has 3 nitrogen and oxygen atoms in total. The Morgan fingerprint density at radius 1 is 1.12 bits per heavy atom. The van der Waals surface area contributed by atoms with Crippen LogP contribution in [-0.2, 0) is 7.05 Å². The second-order valence-corrected chi connectivity index (χ2v) is 5.63. The first-order chi connectivity index (χ1) is 8.36. The maximum atomic E-state index is 4.72. The molecule has 94 valence electrons. The fourth-order valence-electron chi connectivity index (χ4n) is 3.56. The van der Waals surface area contributed by atoms with Gasteiger partial charge in [-0.25, -0.2) is 4.98 Å². The van der Waals surface area contributed by atoms with Gasteiger partial charge in [0.1, 0.15) is 0 Å². The minimum absolute atomic E-state index is 0.736. The highest BCUT2D eigenvalue weighted by molar-refractivity contribution is 5.23. The molecule has 2 heterocycles. The fraction of sp³-hybridized carbons (Fsp3) is 0.786. The maximum Gasteiger partial charge on any atom is 0.0949 e.